The van der Waals surface area contributed by atoms with E-state index < -0.39 is 0 Å². The Morgan fingerprint density at radius 3 is 1.83 bits per heavy atom. The van der Waals surface area contributed by atoms with Gasteiger partial charge in [-0.3, -0.25) is 0 Å². The minimum absolute atomic E-state index is 0.713. The topological polar surface area (TPSA) is 25.8 Å². The Labute approximate surface area is 277 Å². The third kappa shape index (κ3) is 5.07. The average Bonchev–Trinajstić information content (AvgIpc) is 3.54. The van der Waals surface area contributed by atoms with Crippen LogP contribution in [0.25, 0.3) is 87.1 Å². The number of hydrogen-bond donors (Lipinski definition) is 0. The molecule has 9 aromatic rings. The lowest BCUT2D eigenvalue weighted by molar-refractivity contribution is 1.18. The normalized spacial score (nSPS) is 11.4. The summed E-state index contributed by atoms with van der Waals surface area (Å²) in [5, 5.41) is 4.97. The molecule has 0 amide bonds. The Hall–Kier alpha value is -5.90. The predicted molar refractivity (Wildman–Crippen MR) is 200 cm³/mol. The van der Waals surface area contributed by atoms with Crippen LogP contribution < -0.4 is 0 Å². The number of benzene rings is 7. The fraction of sp³-hybridized carbons (Fsp3) is 0. The predicted octanol–water partition coefficient (Wildman–Crippen LogP) is 12.3. The van der Waals surface area contributed by atoms with Crippen molar-refractivity contribution >= 4 is 42.3 Å². The minimum atomic E-state index is 0.713. The van der Waals surface area contributed by atoms with Gasteiger partial charge in [-0.05, 0) is 69.4 Å². The number of aromatic nitrogens is 2. The lowest BCUT2D eigenvalue weighted by Crippen LogP contribution is -1.96. The first-order valence-electron chi connectivity index (χ1n) is 15.8. The van der Waals surface area contributed by atoms with Crippen molar-refractivity contribution in [2.45, 2.75) is 0 Å². The number of fused-ring (bicyclic) bond motifs is 4. The van der Waals surface area contributed by atoms with Gasteiger partial charge >= 0.3 is 0 Å². The van der Waals surface area contributed by atoms with Crippen LogP contribution in [0.4, 0.5) is 0 Å². The lowest BCUT2D eigenvalue weighted by atomic mass is 9.94. The molecule has 0 fully saturated rings. The zero-order chi connectivity index (χ0) is 31.2. The van der Waals surface area contributed by atoms with Gasteiger partial charge in [0.25, 0.3) is 0 Å². The molecule has 0 bridgehead atoms. The molecule has 0 unspecified atom stereocenters. The maximum atomic E-state index is 5.26. The van der Waals surface area contributed by atoms with E-state index in [2.05, 4.69) is 164 Å². The van der Waals surface area contributed by atoms with Gasteiger partial charge in [0.1, 0.15) is 0 Å². The van der Waals surface area contributed by atoms with Crippen LogP contribution in [0.1, 0.15) is 0 Å². The molecule has 0 saturated carbocycles. The zero-order valence-electron chi connectivity index (χ0n) is 25.5. The van der Waals surface area contributed by atoms with Gasteiger partial charge in [0, 0.05) is 36.9 Å². The first kappa shape index (κ1) is 27.4. The molecule has 9 rings (SSSR count). The highest BCUT2D eigenvalue weighted by Gasteiger charge is 2.16. The summed E-state index contributed by atoms with van der Waals surface area (Å²) in [5.74, 6) is 0.713. The Bertz CT molecular complexity index is 2570. The van der Waals surface area contributed by atoms with Crippen LogP contribution in [0.2, 0.25) is 0 Å². The molecule has 0 radical (unpaired) electrons. The summed E-state index contributed by atoms with van der Waals surface area (Å²) >= 11 is 1.86. The van der Waals surface area contributed by atoms with E-state index in [1.54, 1.807) is 0 Å². The van der Waals surface area contributed by atoms with Crippen LogP contribution in [0.15, 0.2) is 170 Å². The third-order valence-electron chi connectivity index (χ3n) is 8.85. The molecule has 0 aliphatic rings. The molecule has 7 aromatic carbocycles. The summed E-state index contributed by atoms with van der Waals surface area (Å²) in [5.41, 5.74) is 9.64. The molecule has 0 aliphatic heterocycles. The van der Waals surface area contributed by atoms with E-state index in [1.807, 2.05) is 17.4 Å². The second-order valence-corrected chi connectivity index (χ2v) is 12.9. The maximum Gasteiger partial charge on any atom is 0.160 e. The summed E-state index contributed by atoms with van der Waals surface area (Å²) in [6.45, 7) is 0. The highest BCUT2D eigenvalue weighted by atomic mass is 32.1. The van der Waals surface area contributed by atoms with Gasteiger partial charge in [0.05, 0.1) is 11.4 Å². The summed E-state index contributed by atoms with van der Waals surface area (Å²) in [4.78, 5) is 10.4. The van der Waals surface area contributed by atoms with E-state index in [0.29, 0.717) is 5.82 Å². The standard InChI is InChI=1S/C44H28N2S/c1-3-12-29(13-4-1)34-25-35(37-19-11-20-39-38-18-9-10-21-42(38)47-43(37)39)27-36(26-34)41-28-40(31-15-5-2-6-16-31)45-44(46-41)33-23-22-30-14-7-8-17-32(30)24-33/h1-28H. The summed E-state index contributed by atoms with van der Waals surface area (Å²) in [6, 6.07) is 60.3. The van der Waals surface area contributed by atoms with Gasteiger partial charge < -0.3 is 0 Å². The highest BCUT2D eigenvalue weighted by Crippen LogP contribution is 2.42. The molecular formula is C44H28N2S. The van der Waals surface area contributed by atoms with E-state index in [-0.39, 0.29) is 0 Å². The number of hydrogen-bond acceptors (Lipinski definition) is 3. The second kappa shape index (κ2) is 11.5. The fourth-order valence-corrected chi connectivity index (χ4v) is 7.75. The molecule has 3 heteroatoms. The van der Waals surface area contributed by atoms with Crippen molar-refractivity contribution in [3.8, 4) is 56.2 Å². The van der Waals surface area contributed by atoms with Crippen LogP contribution >= 0.6 is 11.3 Å². The van der Waals surface area contributed by atoms with Crippen molar-refractivity contribution in [1.29, 1.82) is 0 Å². The fourth-order valence-electron chi connectivity index (χ4n) is 6.51. The van der Waals surface area contributed by atoms with Crippen molar-refractivity contribution in [1.82, 2.24) is 9.97 Å². The van der Waals surface area contributed by atoms with Crippen LogP contribution in [0.5, 0.6) is 0 Å². The molecule has 0 spiro atoms. The largest absolute Gasteiger partial charge is 0.228 e. The molecular weight excluding hydrogens is 589 g/mol. The smallest absolute Gasteiger partial charge is 0.160 e. The Morgan fingerprint density at radius 1 is 0.362 bits per heavy atom. The van der Waals surface area contributed by atoms with E-state index in [0.717, 1.165) is 33.6 Å². The quantitative estimate of drug-likeness (QED) is 0.192. The van der Waals surface area contributed by atoms with Crippen LogP contribution in [-0.2, 0) is 0 Å². The molecule has 220 valence electrons. The van der Waals surface area contributed by atoms with Crippen LogP contribution in [0.3, 0.4) is 0 Å². The molecule has 2 nitrogen and oxygen atoms in total. The maximum absolute atomic E-state index is 5.26. The van der Waals surface area contributed by atoms with Crippen molar-refractivity contribution in [3.05, 3.63) is 170 Å². The minimum Gasteiger partial charge on any atom is -0.228 e. The first-order chi connectivity index (χ1) is 23.3. The number of nitrogens with zero attached hydrogens (tertiary/aromatic N) is 2. The summed E-state index contributed by atoms with van der Waals surface area (Å²) in [6.07, 6.45) is 0. The molecule has 47 heavy (non-hydrogen) atoms. The third-order valence-corrected chi connectivity index (χ3v) is 10.1. The van der Waals surface area contributed by atoms with Gasteiger partial charge in [-0.25, -0.2) is 9.97 Å². The van der Waals surface area contributed by atoms with E-state index in [4.69, 9.17) is 9.97 Å². The SMILES string of the molecule is c1ccc(-c2cc(-c3cc(-c4ccccc4)nc(-c4ccc5ccccc5c4)n3)cc(-c3cccc4c3sc3ccccc34)c2)cc1. The van der Waals surface area contributed by atoms with Gasteiger partial charge in [0.15, 0.2) is 5.82 Å². The molecule has 0 saturated heterocycles. The Balaban J connectivity index is 1.29. The van der Waals surface area contributed by atoms with E-state index >= 15 is 0 Å². The molecule has 2 heterocycles. The van der Waals surface area contributed by atoms with Crippen molar-refractivity contribution in [2.75, 3.05) is 0 Å². The van der Waals surface area contributed by atoms with Gasteiger partial charge in [-0.2, -0.15) is 0 Å². The molecule has 2 aromatic heterocycles. The van der Waals surface area contributed by atoms with Gasteiger partial charge in [0.2, 0.25) is 0 Å². The monoisotopic (exact) mass is 616 g/mol. The lowest BCUT2D eigenvalue weighted by Gasteiger charge is -2.14. The number of rotatable bonds is 5. The average molecular weight is 617 g/mol. The second-order valence-electron chi connectivity index (χ2n) is 11.8. The van der Waals surface area contributed by atoms with Crippen molar-refractivity contribution < 1.29 is 0 Å². The Kier molecular flexibility index (Phi) is 6.69. The molecule has 0 aliphatic carbocycles. The van der Waals surface area contributed by atoms with E-state index in [1.165, 1.54) is 47.6 Å². The highest BCUT2D eigenvalue weighted by molar-refractivity contribution is 7.26. The molecule has 0 N–H and O–H groups in total. The van der Waals surface area contributed by atoms with Crippen LogP contribution in [0, 0.1) is 0 Å². The first-order valence-corrected chi connectivity index (χ1v) is 16.6. The Morgan fingerprint density at radius 2 is 1.00 bits per heavy atom. The van der Waals surface area contributed by atoms with E-state index in [9.17, 15) is 0 Å². The van der Waals surface area contributed by atoms with Crippen LogP contribution in [-0.4, -0.2) is 9.97 Å². The molecule has 0 atom stereocenters. The van der Waals surface area contributed by atoms with Crippen molar-refractivity contribution in [3.63, 3.8) is 0 Å². The zero-order valence-corrected chi connectivity index (χ0v) is 26.3. The summed E-state index contributed by atoms with van der Waals surface area (Å²) < 4.78 is 2.60. The van der Waals surface area contributed by atoms with Gasteiger partial charge in [-0.1, -0.05) is 133 Å². The summed E-state index contributed by atoms with van der Waals surface area (Å²) in [7, 11) is 0. The van der Waals surface area contributed by atoms with Crippen molar-refractivity contribution in [2.24, 2.45) is 0 Å². The van der Waals surface area contributed by atoms with Gasteiger partial charge in [-0.15, -0.1) is 11.3 Å². The number of thiophene rings is 1.